The number of carbonyl (C=O) groups is 1. The molecule has 2 heterocycles. The fourth-order valence-electron chi connectivity index (χ4n) is 4.01. The van der Waals surface area contributed by atoms with Gasteiger partial charge in [-0.25, -0.2) is 4.79 Å². The number of β-amino-alcohol motifs (C(OH)–C–C–N with tert-alkyl or cyclic N) is 1. The highest BCUT2D eigenvalue weighted by molar-refractivity contribution is 5.97. The monoisotopic (exact) mass is 407 g/mol. The molecule has 2 aromatic carbocycles. The first-order valence-corrected chi connectivity index (χ1v) is 10.2. The van der Waals surface area contributed by atoms with Gasteiger partial charge in [0.2, 0.25) is 0 Å². The van der Waals surface area contributed by atoms with Crippen molar-refractivity contribution in [2.75, 3.05) is 19.6 Å². The van der Waals surface area contributed by atoms with Crippen LogP contribution in [-0.2, 0) is 6.54 Å². The summed E-state index contributed by atoms with van der Waals surface area (Å²) in [5.74, 6) is 0.0392. The number of aliphatic hydroxyl groups excluding tert-OH is 1. The first-order valence-electron chi connectivity index (χ1n) is 10.2. The fourth-order valence-corrected chi connectivity index (χ4v) is 4.01. The average molecular weight is 407 g/mol. The topological polar surface area (TPSA) is 88.6 Å². The summed E-state index contributed by atoms with van der Waals surface area (Å²) in [5.41, 5.74) is 1.52. The van der Waals surface area contributed by atoms with Gasteiger partial charge in [-0.05, 0) is 25.9 Å². The van der Waals surface area contributed by atoms with Gasteiger partial charge in [0.25, 0.3) is 0 Å². The van der Waals surface area contributed by atoms with Crippen molar-refractivity contribution in [1.82, 2.24) is 14.6 Å². The number of nitrogens with zero attached hydrogens (tertiary/aromatic N) is 3. The Labute approximate surface area is 174 Å². The van der Waals surface area contributed by atoms with Crippen molar-refractivity contribution in [3.63, 3.8) is 0 Å². The number of Topliss-reactive ketones (excluding diaryl/α,β-unsaturated/α-hetero) is 1. The summed E-state index contributed by atoms with van der Waals surface area (Å²) in [4.78, 5) is 26.8. The number of carbonyl (C=O) groups excluding carboxylic acids is 1. The predicted octanol–water partition coefficient (Wildman–Crippen LogP) is 2.46. The van der Waals surface area contributed by atoms with Gasteiger partial charge in [0, 0.05) is 23.6 Å². The van der Waals surface area contributed by atoms with E-state index >= 15 is 0 Å². The van der Waals surface area contributed by atoms with Crippen LogP contribution >= 0.6 is 0 Å². The van der Waals surface area contributed by atoms with Crippen molar-refractivity contribution in [3.05, 3.63) is 76.8 Å². The van der Waals surface area contributed by atoms with Crippen LogP contribution in [0.2, 0.25) is 0 Å². The molecule has 0 saturated carbocycles. The minimum atomic E-state index is -0.745. The molecule has 1 N–H and O–H groups in total. The van der Waals surface area contributed by atoms with E-state index in [1.807, 2.05) is 60.7 Å². The number of likely N-dealkylation sites (tertiary alicyclic amines) is 1. The number of hydrogen-bond acceptors (Lipinski definition) is 6. The molecule has 156 valence electrons. The maximum atomic E-state index is 12.6. The largest absolute Gasteiger partial charge is 0.441 e. The third kappa shape index (κ3) is 4.58. The summed E-state index contributed by atoms with van der Waals surface area (Å²) >= 11 is 0. The summed E-state index contributed by atoms with van der Waals surface area (Å²) in [7, 11) is 0. The minimum absolute atomic E-state index is 0.0196. The summed E-state index contributed by atoms with van der Waals surface area (Å²) in [6.07, 6.45) is 0.789. The van der Waals surface area contributed by atoms with Gasteiger partial charge in [0.05, 0.1) is 12.6 Å². The molecular formula is C23H25N3O4. The summed E-state index contributed by atoms with van der Waals surface area (Å²) < 4.78 is 6.19. The Bertz CT molecular complexity index is 1020. The Hall–Kier alpha value is -3.03. The van der Waals surface area contributed by atoms with Crippen LogP contribution in [0.25, 0.3) is 11.4 Å². The number of rotatable bonds is 7. The standard InChI is InChI=1S/C23H25N3O4/c27-20(16-26-22(24-30-23(26)29)19-9-5-2-6-10-19)15-25-13-11-18(12-14-25)21(28)17-7-3-1-4-8-17/h1-10,18,20,27H,11-16H2. The maximum absolute atomic E-state index is 12.6. The Kier molecular flexibility index (Phi) is 6.21. The van der Waals surface area contributed by atoms with Gasteiger partial charge in [-0.3, -0.25) is 13.9 Å². The fraction of sp³-hybridized carbons (Fsp3) is 0.348. The molecule has 30 heavy (non-hydrogen) atoms. The number of hydrogen-bond donors (Lipinski definition) is 1. The predicted molar refractivity (Wildman–Crippen MR) is 112 cm³/mol. The molecule has 7 nitrogen and oxygen atoms in total. The molecule has 4 rings (SSSR count). The molecule has 0 bridgehead atoms. The Morgan fingerprint density at radius 2 is 1.67 bits per heavy atom. The van der Waals surface area contributed by atoms with E-state index in [9.17, 15) is 14.7 Å². The zero-order valence-corrected chi connectivity index (χ0v) is 16.7. The highest BCUT2D eigenvalue weighted by Gasteiger charge is 2.27. The second-order valence-electron chi connectivity index (χ2n) is 7.71. The lowest BCUT2D eigenvalue weighted by Gasteiger charge is -2.32. The molecule has 1 aromatic heterocycles. The van der Waals surface area contributed by atoms with E-state index in [1.54, 1.807) is 0 Å². The SMILES string of the molecule is O=C(c1ccccc1)C1CCN(CC(O)Cn2c(-c3ccccc3)noc2=O)CC1. The summed E-state index contributed by atoms with van der Waals surface area (Å²) in [6, 6.07) is 18.7. The number of piperidine rings is 1. The average Bonchev–Trinajstić information content (AvgIpc) is 3.15. The number of ketones is 1. The first-order chi connectivity index (χ1) is 14.6. The summed E-state index contributed by atoms with van der Waals surface area (Å²) in [5, 5.41) is 14.4. The van der Waals surface area contributed by atoms with Crippen LogP contribution in [0.3, 0.4) is 0 Å². The zero-order valence-electron chi connectivity index (χ0n) is 16.7. The normalized spacial score (nSPS) is 16.4. The molecule has 1 saturated heterocycles. The van der Waals surface area contributed by atoms with Crippen molar-refractivity contribution in [2.45, 2.75) is 25.5 Å². The van der Waals surface area contributed by atoms with Gasteiger partial charge in [-0.2, -0.15) is 0 Å². The molecule has 1 unspecified atom stereocenters. The molecule has 1 atom stereocenters. The Morgan fingerprint density at radius 1 is 1.03 bits per heavy atom. The molecule has 0 spiro atoms. The molecular weight excluding hydrogens is 382 g/mol. The molecule has 1 fully saturated rings. The first kappa shape index (κ1) is 20.3. The Morgan fingerprint density at radius 3 is 2.33 bits per heavy atom. The van der Waals surface area contributed by atoms with Crippen molar-refractivity contribution in [3.8, 4) is 11.4 Å². The number of benzene rings is 2. The van der Waals surface area contributed by atoms with E-state index in [0.717, 1.165) is 37.1 Å². The van der Waals surface area contributed by atoms with Crippen LogP contribution in [-0.4, -0.2) is 51.3 Å². The molecule has 7 heteroatoms. The van der Waals surface area contributed by atoms with Gasteiger partial charge in [-0.1, -0.05) is 65.8 Å². The summed E-state index contributed by atoms with van der Waals surface area (Å²) in [6.45, 7) is 2.02. The highest BCUT2D eigenvalue weighted by atomic mass is 16.5. The molecule has 1 aliphatic rings. The van der Waals surface area contributed by atoms with Crippen LogP contribution in [0.4, 0.5) is 0 Å². The van der Waals surface area contributed by atoms with Crippen molar-refractivity contribution in [2.24, 2.45) is 5.92 Å². The van der Waals surface area contributed by atoms with E-state index in [-0.39, 0.29) is 18.2 Å². The van der Waals surface area contributed by atoms with Gasteiger partial charge in [0.15, 0.2) is 11.6 Å². The minimum Gasteiger partial charge on any atom is -0.390 e. The smallest absolute Gasteiger partial charge is 0.390 e. The van der Waals surface area contributed by atoms with Crippen LogP contribution in [0.1, 0.15) is 23.2 Å². The lowest BCUT2D eigenvalue weighted by Crippen LogP contribution is -2.42. The second-order valence-corrected chi connectivity index (χ2v) is 7.71. The van der Waals surface area contributed by atoms with Crippen molar-refractivity contribution >= 4 is 5.78 Å². The van der Waals surface area contributed by atoms with Crippen LogP contribution in [0.15, 0.2) is 70.0 Å². The number of aromatic nitrogens is 2. The van der Waals surface area contributed by atoms with E-state index in [0.29, 0.717) is 12.4 Å². The molecule has 1 aliphatic heterocycles. The second kappa shape index (κ2) is 9.19. The van der Waals surface area contributed by atoms with Gasteiger partial charge in [-0.15, -0.1) is 0 Å². The van der Waals surface area contributed by atoms with Crippen LogP contribution < -0.4 is 5.76 Å². The highest BCUT2D eigenvalue weighted by Crippen LogP contribution is 2.22. The lowest BCUT2D eigenvalue weighted by atomic mass is 9.89. The third-order valence-corrected chi connectivity index (χ3v) is 5.60. The van der Waals surface area contributed by atoms with Gasteiger partial charge in [0.1, 0.15) is 0 Å². The quantitative estimate of drug-likeness (QED) is 0.606. The lowest BCUT2D eigenvalue weighted by molar-refractivity contribution is 0.0675. The number of aliphatic hydroxyl groups is 1. The van der Waals surface area contributed by atoms with E-state index in [2.05, 4.69) is 10.1 Å². The third-order valence-electron chi connectivity index (χ3n) is 5.60. The maximum Gasteiger partial charge on any atom is 0.441 e. The zero-order chi connectivity index (χ0) is 20.9. The van der Waals surface area contributed by atoms with Gasteiger partial charge < -0.3 is 10.0 Å². The molecule has 0 aliphatic carbocycles. The van der Waals surface area contributed by atoms with E-state index in [1.165, 1.54) is 4.57 Å². The van der Waals surface area contributed by atoms with Crippen molar-refractivity contribution < 1.29 is 14.4 Å². The Balaban J connectivity index is 1.33. The van der Waals surface area contributed by atoms with E-state index < -0.39 is 11.9 Å². The molecule has 0 amide bonds. The van der Waals surface area contributed by atoms with Crippen LogP contribution in [0.5, 0.6) is 0 Å². The van der Waals surface area contributed by atoms with Gasteiger partial charge >= 0.3 is 5.76 Å². The molecule has 0 radical (unpaired) electrons. The van der Waals surface area contributed by atoms with Crippen LogP contribution in [0, 0.1) is 5.92 Å². The van der Waals surface area contributed by atoms with Crippen molar-refractivity contribution in [1.29, 1.82) is 0 Å². The molecule has 3 aromatic rings. The van der Waals surface area contributed by atoms with E-state index in [4.69, 9.17) is 4.52 Å².